The quantitative estimate of drug-likeness (QED) is 0.512. The Morgan fingerprint density at radius 2 is 1.67 bits per heavy atom. The van der Waals surface area contributed by atoms with Crippen molar-refractivity contribution in [1.29, 1.82) is 0 Å². The maximum atomic E-state index is 13.4. The molecule has 1 N–H and O–H groups in total. The molecule has 0 radical (unpaired) electrons. The molecular formula is C23H18FN3. The van der Waals surface area contributed by atoms with Gasteiger partial charge in [-0.3, -0.25) is 4.57 Å². The Bertz CT molecular complexity index is 1170. The van der Waals surface area contributed by atoms with E-state index in [1.165, 1.54) is 23.3 Å². The molecule has 0 saturated heterocycles. The highest BCUT2D eigenvalue weighted by Crippen LogP contribution is 2.37. The van der Waals surface area contributed by atoms with Crippen molar-refractivity contribution in [3.63, 3.8) is 0 Å². The lowest BCUT2D eigenvalue weighted by molar-refractivity contribution is 0.627. The predicted octanol–water partition coefficient (Wildman–Crippen LogP) is 5.54. The molecule has 0 bridgehead atoms. The summed E-state index contributed by atoms with van der Waals surface area (Å²) in [6.45, 7) is 2.13. The standard InChI is InChI=1S/C23H18FN3/c1-15-6-2-3-7-18(15)22-14-20(16-10-12-17(24)13-11-16)26-23-25-19-8-4-5-9-21(19)27(22)23/h2-14,22H,1H3,(H,25,26). The fourth-order valence-electron chi connectivity index (χ4n) is 3.75. The Morgan fingerprint density at radius 3 is 2.48 bits per heavy atom. The van der Waals surface area contributed by atoms with E-state index in [4.69, 9.17) is 4.98 Å². The van der Waals surface area contributed by atoms with E-state index in [1.54, 1.807) is 12.1 Å². The van der Waals surface area contributed by atoms with Crippen LogP contribution in [0, 0.1) is 12.7 Å². The topological polar surface area (TPSA) is 29.9 Å². The maximum absolute atomic E-state index is 13.4. The number of hydrogen-bond donors (Lipinski definition) is 1. The molecule has 132 valence electrons. The summed E-state index contributed by atoms with van der Waals surface area (Å²) in [5.41, 5.74) is 6.36. The molecule has 4 aromatic rings. The van der Waals surface area contributed by atoms with Crippen LogP contribution in [0.5, 0.6) is 0 Å². The highest BCUT2D eigenvalue weighted by atomic mass is 19.1. The number of anilines is 1. The van der Waals surface area contributed by atoms with Gasteiger partial charge in [0.05, 0.1) is 17.1 Å². The number of rotatable bonds is 2. The van der Waals surface area contributed by atoms with Gasteiger partial charge in [-0.25, -0.2) is 9.37 Å². The number of fused-ring (bicyclic) bond motifs is 3. The molecule has 3 nitrogen and oxygen atoms in total. The summed E-state index contributed by atoms with van der Waals surface area (Å²) >= 11 is 0. The minimum Gasteiger partial charge on any atom is -0.325 e. The summed E-state index contributed by atoms with van der Waals surface area (Å²) in [6.07, 6.45) is 2.19. The third kappa shape index (κ3) is 2.61. The lowest BCUT2D eigenvalue weighted by Crippen LogP contribution is -2.19. The third-order valence-corrected chi connectivity index (χ3v) is 5.11. The van der Waals surface area contributed by atoms with Crippen LogP contribution in [0.4, 0.5) is 10.3 Å². The molecule has 2 heterocycles. The number of nitrogens with one attached hydrogen (secondary N) is 1. The first-order chi connectivity index (χ1) is 13.2. The minimum absolute atomic E-state index is 0.00917. The molecule has 27 heavy (non-hydrogen) atoms. The molecular weight excluding hydrogens is 337 g/mol. The van der Waals surface area contributed by atoms with Crippen molar-refractivity contribution in [2.24, 2.45) is 0 Å². The van der Waals surface area contributed by atoms with Crippen LogP contribution in [0.3, 0.4) is 0 Å². The van der Waals surface area contributed by atoms with Gasteiger partial charge >= 0.3 is 0 Å². The van der Waals surface area contributed by atoms with Crippen LogP contribution in [0.15, 0.2) is 78.9 Å². The van der Waals surface area contributed by atoms with Gasteiger partial charge < -0.3 is 5.32 Å². The lowest BCUT2D eigenvalue weighted by atomic mass is 9.97. The molecule has 0 amide bonds. The largest absolute Gasteiger partial charge is 0.325 e. The molecule has 0 fully saturated rings. The Balaban J connectivity index is 1.74. The number of halogens is 1. The predicted molar refractivity (Wildman–Crippen MR) is 107 cm³/mol. The van der Waals surface area contributed by atoms with Gasteiger partial charge in [-0.1, -0.05) is 36.4 Å². The summed E-state index contributed by atoms with van der Waals surface area (Å²) in [4.78, 5) is 4.79. The van der Waals surface area contributed by atoms with Gasteiger partial charge in [-0.05, 0) is 66.1 Å². The van der Waals surface area contributed by atoms with Crippen molar-refractivity contribution < 1.29 is 4.39 Å². The Hall–Kier alpha value is -3.40. The van der Waals surface area contributed by atoms with Crippen molar-refractivity contribution in [2.45, 2.75) is 13.0 Å². The van der Waals surface area contributed by atoms with Crippen molar-refractivity contribution in [1.82, 2.24) is 9.55 Å². The van der Waals surface area contributed by atoms with E-state index >= 15 is 0 Å². The van der Waals surface area contributed by atoms with Crippen molar-refractivity contribution in [2.75, 3.05) is 5.32 Å². The monoisotopic (exact) mass is 355 g/mol. The summed E-state index contributed by atoms with van der Waals surface area (Å²) in [5, 5.41) is 3.43. The number of aryl methyl sites for hydroxylation is 1. The summed E-state index contributed by atoms with van der Waals surface area (Å²) in [6, 6.07) is 23.1. The zero-order valence-corrected chi connectivity index (χ0v) is 14.9. The van der Waals surface area contributed by atoms with E-state index in [9.17, 15) is 4.39 Å². The van der Waals surface area contributed by atoms with Gasteiger partial charge in [0.25, 0.3) is 0 Å². The molecule has 0 spiro atoms. The van der Waals surface area contributed by atoms with Gasteiger partial charge in [-0.2, -0.15) is 0 Å². The van der Waals surface area contributed by atoms with Crippen molar-refractivity contribution in [3.05, 3.63) is 101 Å². The maximum Gasteiger partial charge on any atom is 0.209 e. The molecule has 1 aliphatic heterocycles. The average Bonchev–Trinajstić information content (AvgIpc) is 3.07. The second-order valence-electron chi connectivity index (χ2n) is 6.81. The first-order valence-corrected chi connectivity index (χ1v) is 8.98. The second-order valence-corrected chi connectivity index (χ2v) is 6.81. The van der Waals surface area contributed by atoms with Crippen LogP contribution in [0.1, 0.15) is 22.7 Å². The van der Waals surface area contributed by atoms with Gasteiger partial charge in [0, 0.05) is 5.70 Å². The number of aromatic nitrogens is 2. The SMILES string of the molecule is Cc1ccccc1C1C=C(c2ccc(F)cc2)Nc2nc3ccccc3n21. The molecule has 1 unspecified atom stereocenters. The third-order valence-electron chi connectivity index (χ3n) is 5.11. The normalized spacial score (nSPS) is 15.9. The fourth-order valence-corrected chi connectivity index (χ4v) is 3.75. The van der Waals surface area contributed by atoms with Crippen molar-refractivity contribution in [3.8, 4) is 0 Å². The summed E-state index contributed by atoms with van der Waals surface area (Å²) in [5.74, 6) is 0.559. The summed E-state index contributed by atoms with van der Waals surface area (Å²) in [7, 11) is 0. The van der Waals surface area contributed by atoms with Gasteiger partial charge in [0.15, 0.2) is 0 Å². The number of allylic oxidation sites excluding steroid dienone is 1. The highest BCUT2D eigenvalue weighted by Gasteiger charge is 2.26. The molecule has 1 aromatic heterocycles. The first-order valence-electron chi connectivity index (χ1n) is 8.98. The number of para-hydroxylation sites is 2. The molecule has 1 atom stereocenters. The summed E-state index contributed by atoms with van der Waals surface area (Å²) < 4.78 is 15.6. The number of nitrogens with zero attached hydrogens (tertiary/aromatic N) is 2. The van der Waals surface area contributed by atoms with Crippen molar-refractivity contribution >= 4 is 22.7 Å². The fraction of sp³-hybridized carbons (Fsp3) is 0.0870. The van der Waals surface area contributed by atoms with Crippen LogP contribution >= 0.6 is 0 Å². The second kappa shape index (κ2) is 6.09. The molecule has 5 rings (SSSR count). The lowest BCUT2D eigenvalue weighted by Gasteiger charge is -2.27. The van der Waals surface area contributed by atoms with E-state index < -0.39 is 0 Å². The van der Waals surface area contributed by atoms with Crippen LogP contribution in [0.25, 0.3) is 16.7 Å². The first kappa shape index (κ1) is 15.8. The molecule has 3 aromatic carbocycles. The number of benzene rings is 3. The average molecular weight is 355 g/mol. The van der Waals surface area contributed by atoms with Crippen LogP contribution in [-0.2, 0) is 0 Å². The smallest absolute Gasteiger partial charge is 0.209 e. The van der Waals surface area contributed by atoms with Crippen LogP contribution in [-0.4, -0.2) is 9.55 Å². The Morgan fingerprint density at radius 1 is 0.926 bits per heavy atom. The van der Waals surface area contributed by atoms with Gasteiger partial charge in [-0.15, -0.1) is 0 Å². The highest BCUT2D eigenvalue weighted by molar-refractivity contribution is 5.85. The number of hydrogen-bond acceptors (Lipinski definition) is 2. The number of imidazole rings is 1. The molecule has 0 aliphatic carbocycles. The molecule has 4 heteroatoms. The zero-order valence-electron chi connectivity index (χ0n) is 14.9. The van der Waals surface area contributed by atoms with E-state index in [0.29, 0.717) is 0 Å². The van der Waals surface area contributed by atoms with E-state index in [0.717, 1.165) is 28.2 Å². The van der Waals surface area contributed by atoms with Crippen LogP contribution < -0.4 is 5.32 Å². The zero-order chi connectivity index (χ0) is 18.4. The Kier molecular flexibility index (Phi) is 3.57. The van der Waals surface area contributed by atoms with Gasteiger partial charge in [0.1, 0.15) is 5.82 Å². The van der Waals surface area contributed by atoms with Crippen LogP contribution in [0.2, 0.25) is 0 Å². The van der Waals surface area contributed by atoms with Gasteiger partial charge in [0.2, 0.25) is 5.95 Å². The van der Waals surface area contributed by atoms with E-state index in [1.807, 2.05) is 18.2 Å². The van der Waals surface area contributed by atoms with E-state index in [-0.39, 0.29) is 11.9 Å². The van der Waals surface area contributed by atoms with E-state index in [2.05, 4.69) is 53.2 Å². The Labute approximate surface area is 156 Å². The molecule has 0 saturated carbocycles. The minimum atomic E-state index is -0.238. The molecule has 1 aliphatic rings.